The van der Waals surface area contributed by atoms with Crippen LogP contribution in [-0.2, 0) is 34.5 Å². The molecule has 0 saturated heterocycles. The monoisotopic (exact) mass is 354 g/mol. The molecule has 4 rings (SSSR count). The number of aromatic nitrogens is 1. The Kier molecular flexibility index (Phi) is 4.81. The fourth-order valence-electron chi connectivity index (χ4n) is 4.45. The van der Waals surface area contributed by atoms with Gasteiger partial charge in [-0.15, -0.1) is 0 Å². The van der Waals surface area contributed by atoms with E-state index in [0.29, 0.717) is 25.6 Å². The minimum atomic E-state index is -0.379. The lowest BCUT2D eigenvalue weighted by Crippen LogP contribution is -2.49. The maximum Gasteiger partial charge on any atom is 0.233 e. The first-order chi connectivity index (χ1) is 12.7. The minimum absolute atomic E-state index is 0.255. The van der Waals surface area contributed by atoms with Crippen molar-refractivity contribution in [2.45, 2.75) is 57.1 Å². The van der Waals surface area contributed by atoms with Gasteiger partial charge in [0.25, 0.3) is 0 Å². The van der Waals surface area contributed by atoms with E-state index in [1.54, 1.807) is 7.11 Å². The molecule has 1 amide bonds. The van der Waals surface area contributed by atoms with Crippen molar-refractivity contribution in [2.75, 3.05) is 13.7 Å². The van der Waals surface area contributed by atoms with Gasteiger partial charge in [0.05, 0.1) is 12.0 Å². The van der Waals surface area contributed by atoms with Crippen LogP contribution in [0.3, 0.4) is 0 Å². The van der Waals surface area contributed by atoms with E-state index in [4.69, 9.17) is 9.15 Å². The molecule has 1 fully saturated rings. The number of ether oxygens (including phenoxy) is 1. The Hall–Kier alpha value is -2.14. The van der Waals surface area contributed by atoms with Crippen LogP contribution < -0.4 is 0 Å². The van der Waals surface area contributed by atoms with E-state index in [0.717, 1.165) is 49.1 Å². The summed E-state index contributed by atoms with van der Waals surface area (Å²) in [5.74, 6) is 1.76. The number of benzene rings is 1. The topological polar surface area (TPSA) is 55.6 Å². The Morgan fingerprint density at radius 2 is 2.00 bits per heavy atom. The van der Waals surface area contributed by atoms with E-state index in [9.17, 15) is 4.79 Å². The van der Waals surface area contributed by atoms with E-state index in [1.165, 1.54) is 6.42 Å². The van der Waals surface area contributed by atoms with Crippen LogP contribution >= 0.6 is 0 Å². The first kappa shape index (κ1) is 17.3. The Morgan fingerprint density at radius 3 is 2.73 bits per heavy atom. The Balaban J connectivity index is 1.60. The zero-order chi connectivity index (χ0) is 18.0. The second-order valence-corrected chi connectivity index (χ2v) is 7.40. The van der Waals surface area contributed by atoms with Gasteiger partial charge in [-0.1, -0.05) is 49.6 Å². The lowest BCUT2D eigenvalue weighted by Gasteiger charge is -2.41. The van der Waals surface area contributed by atoms with Gasteiger partial charge >= 0.3 is 0 Å². The fourth-order valence-corrected chi connectivity index (χ4v) is 4.45. The Bertz CT molecular complexity index is 763. The highest BCUT2D eigenvalue weighted by atomic mass is 16.5. The smallest absolute Gasteiger partial charge is 0.233 e. The quantitative estimate of drug-likeness (QED) is 0.842. The number of rotatable bonds is 4. The molecule has 0 unspecified atom stereocenters. The van der Waals surface area contributed by atoms with Crippen molar-refractivity contribution in [1.29, 1.82) is 0 Å². The number of oxazole rings is 1. The van der Waals surface area contributed by atoms with Crippen molar-refractivity contribution >= 4 is 5.91 Å². The average Bonchev–Trinajstić information content (AvgIpc) is 3.10. The van der Waals surface area contributed by atoms with Gasteiger partial charge < -0.3 is 14.1 Å². The molecule has 5 nitrogen and oxygen atoms in total. The lowest BCUT2D eigenvalue weighted by atomic mass is 9.68. The highest BCUT2D eigenvalue weighted by molar-refractivity contribution is 5.88. The number of carbonyl (C=O) groups excluding carboxylic acids is 1. The van der Waals surface area contributed by atoms with Crippen molar-refractivity contribution in [3.63, 3.8) is 0 Å². The van der Waals surface area contributed by atoms with Gasteiger partial charge in [0.1, 0.15) is 18.1 Å². The molecule has 0 atom stereocenters. The van der Waals surface area contributed by atoms with Crippen LogP contribution in [0, 0.1) is 0 Å². The first-order valence-electron chi connectivity index (χ1n) is 9.54. The summed E-state index contributed by atoms with van der Waals surface area (Å²) in [6, 6.07) is 10.3. The average molecular weight is 354 g/mol. The van der Waals surface area contributed by atoms with Crippen LogP contribution in [0.1, 0.15) is 55.0 Å². The standard InChI is InChI=1S/C21H26N2O3/c1-25-15-19-22-17-14-23(13-10-18(17)26-19)20(24)21(11-6-3-7-12-21)16-8-4-2-5-9-16/h2,4-5,8-9H,3,6-7,10-15H2,1H3. The molecule has 1 aromatic heterocycles. The molecule has 0 bridgehead atoms. The number of fused-ring (bicyclic) bond motifs is 1. The summed E-state index contributed by atoms with van der Waals surface area (Å²) in [5.41, 5.74) is 1.67. The molecule has 2 aromatic rings. The van der Waals surface area contributed by atoms with Gasteiger partial charge in [0.15, 0.2) is 0 Å². The van der Waals surface area contributed by atoms with Crippen LogP contribution in [-0.4, -0.2) is 29.4 Å². The maximum absolute atomic E-state index is 13.7. The zero-order valence-corrected chi connectivity index (χ0v) is 15.4. The predicted octanol–water partition coefficient (Wildman–Crippen LogP) is 3.61. The molecule has 138 valence electrons. The Labute approximate surface area is 154 Å². The predicted molar refractivity (Wildman–Crippen MR) is 97.5 cm³/mol. The van der Waals surface area contributed by atoms with E-state index in [1.807, 2.05) is 23.1 Å². The number of hydrogen-bond acceptors (Lipinski definition) is 4. The molecule has 1 aromatic carbocycles. The van der Waals surface area contributed by atoms with Crippen molar-refractivity contribution in [2.24, 2.45) is 0 Å². The third kappa shape index (κ3) is 3.05. The number of nitrogens with zero attached hydrogens (tertiary/aromatic N) is 2. The summed E-state index contributed by atoms with van der Waals surface area (Å²) in [4.78, 5) is 20.2. The van der Waals surface area contributed by atoms with E-state index >= 15 is 0 Å². The van der Waals surface area contributed by atoms with Gasteiger partial charge in [-0.25, -0.2) is 4.98 Å². The first-order valence-corrected chi connectivity index (χ1v) is 9.54. The van der Waals surface area contributed by atoms with Crippen molar-refractivity contribution < 1.29 is 13.9 Å². The van der Waals surface area contributed by atoms with Crippen LogP contribution in [0.15, 0.2) is 34.7 Å². The van der Waals surface area contributed by atoms with E-state index in [-0.39, 0.29) is 11.3 Å². The molecule has 2 aliphatic rings. The molecule has 5 heteroatoms. The lowest BCUT2D eigenvalue weighted by molar-refractivity contribution is -0.140. The number of methoxy groups -OCH3 is 1. The van der Waals surface area contributed by atoms with Gasteiger partial charge in [-0.05, 0) is 18.4 Å². The third-order valence-corrected chi connectivity index (χ3v) is 5.77. The van der Waals surface area contributed by atoms with Gasteiger partial charge in [0, 0.05) is 20.1 Å². The minimum Gasteiger partial charge on any atom is -0.443 e. The van der Waals surface area contributed by atoms with Gasteiger partial charge in [0.2, 0.25) is 11.8 Å². The largest absolute Gasteiger partial charge is 0.443 e. The normalized spacial score (nSPS) is 19.2. The molecule has 2 heterocycles. The number of carbonyl (C=O) groups is 1. The molecule has 0 radical (unpaired) electrons. The van der Waals surface area contributed by atoms with Crippen molar-refractivity contribution in [3.8, 4) is 0 Å². The maximum atomic E-state index is 13.7. The van der Waals surface area contributed by atoms with Crippen LogP contribution in [0.5, 0.6) is 0 Å². The molecule has 0 N–H and O–H groups in total. The summed E-state index contributed by atoms with van der Waals surface area (Å²) in [5, 5.41) is 0. The van der Waals surface area contributed by atoms with E-state index in [2.05, 4.69) is 17.1 Å². The summed E-state index contributed by atoms with van der Waals surface area (Å²) >= 11 is 0. The Morgan fingerprint density at radius 1 is 1.23 bits per heavy atom. The summed E-state index contributed by atoms with van der Waals surface area (Å²) in [6.07, 6.45) is 6.04. The SMILES string of the molecule is COCc1nc2c(o1)CCN(C(=O)C1(c3ccccc3)CCCCC1)C2. The van der Waals surface area contributed by atoms with Gasteiger partial charge in [-0.3, -0.25) is 4.79 Å². The number of hydrogen-bond donors (Lipinski definition) is 0. The summed E-state index contributed by atoms with van der Waals surface area (Å²) in [7, 11) is 1.63. The second kappa shape index (κ2) is 7.23. The van der Waals surface area contributed by atoms with E-state index < -0.39 is 0 Å². The van der Waals surface area contributed by atoms with Crippen molar-refractivity contribution in [1.82, 2.24) is 9.88 Å². The fraction of sp³-hybridized carbons (Fsp3) is 0.524. The highest BCUT2D eigenvalue weighted by Crippen LogP contribution is 2.41. The molecule has 0 spiro atoms. The van der Waals surface area contributed by atoms with Crippen LogP contribution in [0.25, 0.3) is 0 Å². The summed E-state index contributed by atoms with van der Waals surface area (Å²) in [6.45, 7) is 1.60. The van der Waals surface area contributed by atoms with Crippen LogP contribution in [0.2, 0.25) is 0 Å². The molecule has 26 heavy (non-hydrogen) atoms. The molecule has 1 saturated carbocycles. The second-order valence-electron chi connectivity index (χ2n) is 7.40. The van der Waals surface area contributed by atoms with Gasteiger partial charge in [-0.2, -0.15) is 0 Å². The summed E-state index contributed by atoms with van der Waals surface area (Å²) < 4.78 is 10.9. The molecule has 1 aliphatic heterocycles. The van der Waals surface area contributed by atoms with Crippen LogP contribution in [0.4, 0.5) is 0 Å². The zero-order valence-electron chi connectivity index (χ0n) is 15.4. The molecule has 1 aliphatic carbocycles. The number of amides is 1. The molecular weight excluding hydrogens is 328 g/mol. The van der Waals surface area contributed by atoms with Crippen molar-refractivity contribution in [3.05, 3.63) is 53.2 Å². The third-order valence-electron chi connectivity index (χ3n) is 5.77. The molecular formula is C21H26N2O3. The highest BCUT2D eigenvalue weighted by Gasteiger charge is 2.44.